The van der Waals surface area contributed by atoms with Gasteiger partial charge in [-0.25, -0.2) is 4.39 Å². The number of nitrogens with two attached hydrogens (primary N) is 1. The van der Waals surface area contributed by atoms with Crippen LogP contribution < -0.4 is 5.73 Å². The first-order chi connectivity index (χ1) is 9.52. The number of benzene rings is 2. The lowest BCUT2D eigenvalue weighted by atomic mass is 9.98. The van der Waals surface area contributed by atoms with Crippen LogP contribution in [0.25, 0.3) is 0 Å². The fourth-order valence-corrected chi connectivity index (χ4v) is 2.11. The Kier molecular flexibility index (Phi) is 4.16. The monoisotopic (exact) mass is 332 g/mol. The van der Waals surface area contributed by atoms with E-state index in [1.165, 1.54) is 6.07 Å². The Hall–Kier alpha value is -2.19. The van der Waals surface area contributed by atoms with Crippen molar-refractivity contribution in [2.75, 3.05) is 5.73 Å². The minimum Gasteiger partial charge on any atom is -0.398 e. The van der Waals surface area contributed by atoms with E-state index >= 15 is 0 Å². The second-order valence-corrected chi connectivity index (χ2v) is 5.11. The summed E-state index contributed by atoms with van der Waals surface area (Å²) in [5.41, 5.74) is 6.83. The molecule has 0 fully saturated rings. The van der Waals surface area contributed by atoms with Gasteiger partial charge in [-0.2, -0.15) is 5.26 Å². The van der Waals surface area contributed by atoms with Crippen LogP contribution in [0.2, 0.25) is 0 Å². The molecule has 0 heterocycles. The van der Waals surface area contributed by atoms with Gasteiger partial charge in [-0.1, -0.05) is 15.9 Å². The van der Waals surface area contributed by atoms with Gasteiger partial charge < -0.3 is 5.73 Å². The van der Waals surface area contributed by atoms with Gasteiger partial charge in [0.2, 0.25) is 0 Å². The van der Waals surface area contributed by atoms with Crippen molar-refractivity contribution in [2.24, 2.45) is 0 Å². The molecule has 2 aromatic carbocycles. The van der Waals surface area contributed by atoms with Gasteiger partial charge in [0.1, 0.15) is 5.82 Å². The molecule has 3 nitrogen and oxygen atoms in total. The number of anilines is 1. The summed E-state index contributed by atoms with van der Waals surface area (Å²) in [7, 11) is 0. The summed E-state index contributed by atoms with van der Waals surface area (Å²) in [6, 6.07) is 10.9. The van der Waals surface area contributed by atoms with Crippen LogP contribution in [0.4, 0.5) is 10.1 Å². The maximum Gasteiger partial charge on any atom is 0.195 e. The average molecular weight is 333 g/mol. The normalized spacial score (nSPS) is 10.1. The number of carbonyl (C=O) groups excluding carboxylic acids is 1. The number of hydrogen-bond donors (Lipinski definition) is 1. The Bertz CT molecular complexity index is 705. The van der Waals surface area contributed by atoms with Crippen molar-refractivity contribution in [1.29, 1.82) is 5.26 Å². The highest BCUT2D eigenvalue weighted by molar-refractivity contribution is 9.10. The fourth-order valence-electron chi connectivity index (χ4n) is 1.85. The molecule has 0 unspecified atom stereocenters. The van der Waals surface area contributed by atoms with E-state index < -0.39 is 5.82 Å². The molecule has 0 aliphatic heterocycles. The van der Waals surface area contributed by atoms with E-state index in [2.05, 4.69) is 15.9 Å². The Morgan fingerprint density at radius 1 is 1.30 bits per heavy atom. The van der Waals surface area contributed by atoms with Crippen molar-refractivity contribution in [2.45, 2.75) is 6.42 Å². The highest BCUT2D eigenvalue weighted by Crippen LogP contribution is 2.24. The van der Waals surface area contributed by atoms with Crippen molar-refractivity contribution >= 4 is 27.4 Å². The predicted octanol–water partition coefficient (Wildman–Crippen LogP) is 3.47. The third kappa shape index (κ3) is 2.86. The van der Waals surface area contributed by atoms with Crippen molar-refractivity contribution in [1.82, 2.24) is 0 Å². The van der Waals surface area contributed by atoms with Crippen LogP contribution in [0, 0.1) is 17.1 Å². The predicted molar refractivity (Wildman–Crippen MR) is 77.7 cm³/mol. The van der Waals surface area contributed by atoms with E-state index in [-0.39, 0.29) is 23.5 Å². The summed E-state index contributed by atoms with van der Waals surface area (Å²) in [5, 5.41) is 8.69. The molecule has 0 saturated carbocycles. The number of halogens is 2. The molecular formula is C15H10BrFN2O. The molecule has 2 aromatic rings. The summed E-state index contributed by atoms with van der Waals surface area (Å²) in [6.07, 6.45) is -0.0375. The minimum absolute atomic E-state index is 0.0375. The fraction of sp³-hybridized carbons (Fsp3) is 0.0667. The third-order valence-corrected chi connectivity index (χ3v) is 3.38. The molecule has 5 heteroatoms. The highest BCUT2D eigenvalue weighted by atomic mass is 79.9. The van der Waals surface area contributed by atoms with E-state index in [1.807, 2.05) is 6.07 Å². The minimum atomic E-state index is -0.579. The molecule has 0 saturated heterocycles. The molecule has 0 bridgehead atoms. The van der Waals surface area contributed by atoms with Crippen LogP contribution in [-0.4, -0.2) is 5.78 Å². The van der Waals surface area contributed by atoms with E-state index in [0.717, 1.165) is 10.5 Å². The highest BCUT2D eigenvalue weighted by Gasteiger charge is 2.16. The topological polar surface area (TPSA) is 66.9 Å². The molecule has 100 valence electrons. The number of nitriles is 1. The van der Waals surface area contributed by atoms with E-state index in [1.54, 1.807) is 24.3 Å². The lowest BCUT2D eigenvalue weighted by Gasteiger charge is -2.09. The maximum absolute atomic E-state index is 13.5. The zero-order valence-corrected chi connectivity index (χ0v) is 11.9. The number of nitrogen functional groups attached to an aromatic ring is 1. The van der Waals surface area contributed by atoms with Crippen LogP contribution >= 0.6 is 15.9 Å². The smallest absolute Gasteiger partial charge is 0.195 e. The van der Waals surface area contributed by atoms with Crippen molar-refractivity contribution in [3.05, 3.63) is 63.4 Å². The number of nitrogens with zero attached hydrogens (tertiary/aromatic N) is 1. The molecule has 0 aliphatic carbocycles. The second-order valence-electron chi connectivity index (χ2n) is 4.20. The SMILES string of the molecule is N#CCc1cc(F)cc(C(=O)c2ccc(Br)cc2)c1N. The van der Waals surface area contributed by atoms with Gasteiger partial charge >= 0.3 is 0 Å². The van der Waals surface area contributed by atoms with Crippen LogP contribution in [-0.2, 0) is 6.42 Å². The van der Waals surface area contributed by atoms with Crippen LogP contribution in [0.1, 0.15) is 21.5 Å². The first-order valence-corrected chi connectivity index (χ1v) is 6.57. The second kappa shape index (κ2) is 5.85. The van der Waals surface area contributed by atoms with Crippen LogP contribution in [0.5, 0.6) is 0 Å². The maximum atomic E-state index is 13.5. The molecule has 0 atom stereocenters. The zero-order valence-electron chi connectivity index (χ0n) is 10.4. The van der Waals surface area contributed by atoms with Crippen molar-refractivity contribution in [3.8, 4) is 6.07 Å². The summed E-state index contributed by atoms with van der Waals surface area (Å²) >= 11 is 3.28. The van der Waals surface area contributed by atoms with Gasteiger partial charge in [0.05, 0.1) is 12.5 Å². The molecular weight excluding hydrogens is 323 g/mol. The molecule has 0 spiro atoms. The molecule has 0 radical (unpaired) electrons. The number of rotatable bonds is 3. The lowest BCUT2D eigenvalue weighted by Crippen LogP contribution is -2.08. The quantitative estimate of drug-likeness (QED) is 0.691. The Morgan fingerprint density at radius 2 is 1.95 bits per heavy atom. The van der Waals surface area contributed by atoms with Gasteiger partial charge in [0.25, 0.3) is 0 Å². The molecule has 0 amide bonds. The average Bonchev–Trinajstić information content (AvgIpc) is 2.43. The number of carbonyl (C=O) groups is 1. The van der Waals surface area contributed by atoms with Gasteiger partial charge in [-0.3, -0.25) is 4.79 Å². The van der Waals surface area contributed by atoms with Crippen LogP contribution in [0.15, 0.2) is 40.9 Å². The van der Waals surface area contributed by atoms with E-state index in [9.17, 15) is 9.18 Å². The Morgan fingerprint density at radius 3 is 2.55 bits per heavy atom. The van der Waals surface area contributed by atoms with E-state index in [0.29, 0.717) is 11.1 Å². The number of ketones is 1. The Balaban J connectivity index is 2.49. The van der Waals surface area contributed by atoms with E-state index in [4.69, 9.17) is 11.0 Å². The standard InChI is InChI=1S/C15H10BrFN2O/c16-11-3-1-9(2-4-11)15(20)13-8-12(17)7-10(5-6-18)14(13)19/h1-4,7-8H,5,19H2. The molecule has 0 aliphatic rings. The molecule has 2 rings (SSSR count). The summed E-state index contributed by atoms with van der Waals surface area (Å²) < 4.78 is 14.4. The largest absolute Gasteiger partial charge is 0.398 e. The summed E-state index contributed by atoms with van der Waals surface area (Å²) in [6.45, 7) is 0. The summed E-state index contributed by atoms with van der Waals surface area (Å²) in [4.78, 5) is 12.3. The van der Waals surface area contributed by atoms with Gasteiger partial charge in [0, 0.05) is 21.3 Å². The first kappa shape index (κ1) is 14.2. The van der Waals surface area contributed by atoms with Crippen LogP contribution in [0.3, 0.4) is 0 Å². The third-order valence-electron chi connectivity index (χ3n) is 2.85. The van der Waals surface area contributed by atoms with Crippen molar-refractivity contribution in [3.63, 3.8) is 0 Å². The molecule has 2 N–H and O–H groups in total. The van der Waals surface area contributed by atoms with Crippen molar-refractivity contribution < 1.29 is 9.18 Å². The lowest BCUT2D eigenvalue weighted by molar-refractivity contribution is 0.103. The molecule has 20 heavy (non-hydrogen) atoms. The first-order valence-electron chi connectivity index (χ1n) is 5.78. The van der Waals surface area contributed by atoms with Gasteiger partial charge in [-0.05, 0) is 42.0 Å². The summed E-state index contributed by atoms with van der Waals surface area (Å²) in [5.74, 6) is -0.946. The molecule has 0 aromatic heterocycles. The number of hydrogen-bond acceptors (Lipinski definition) is 3. The Labute approximate surface area is 124 Å². The van der Waals surface area contributed by atoms with Gasteiger partial charge in [0.15, 0.2) is 5.78 Å². The zero-order chi connectivity index (χ0) is 14.7. The van der Waals surface area contributed by atoms with Gasteiger partial charge in [-0.15, -0.1) is 0 Å².